The minimum Gasteiger partial charge on any atom is -0.229 e. The van der Waals surface area contributed by atoms with Gasteiger partial charge in [0.1, 0.15) is 6.61 Å². The fraction of sp³-hybridized carbons (Fsp3) is 0.455. The maximum atomic E-state index is 11.4. The van der Waals surface area contributed by atoms with Crippen LogP contribution in [0.5, 0.6) is 5.75 Å². The van der Waals surface area contributed by atoms with Gasteiger partial charge in [-0.15, -0.1) is 4.52 Å². The van der Waals surface area contributed by atoms with Gasteiger partial charge >= 0.3 is 8.25 Å². The smallest absolute Gasteiger partial charge is 0.229 e. The molecule has 1 aliphatic rings. The van der Waals surface area contributed by atoms with Crippen molar-refractivity contribution in [2.45, 2.75) is 19.3 Å². The van der Waals surface area contributed by atoms with Crippen LogP contribution in [-0.4, -0.2) is 6.61 Å². The molecule has 2 rings (SSSR count). The Balaban J connectivity index is 1.72. The van der Waals surface area contributed by atoms with Gasteiger partial charge in [-0.05, 0) is 30.9 Å². The molecule has 0 aliphatic heterocycles. The number of hydrogen-bond acceptors (Lipinski definition) is 3. The first-order valence-corrected chi connectivity index (χ1v) is 6.27. The van der Waals surface area contributed by atoms with E-state index in [9.17, 15) is 4.57 Å². The van der Waals surface area contributed by atoms with E-state index in [1.165, 1.54) is 19.3 Å². The molecular weight excluding hydrogens is 211 g/mol. The van der Waals surface area contributed by atoms with Crippen molar-refractivity contribution < 1.29 is 13.6 Å². The highest BCUT2D eigenvalue weighted by atomic mass is 31.1. The van der Waals surface area contributed by atoms with E-state index in [4.69, 9.17) is 9.05 Å². The van der Waals surface area contributed by atoms with Gasteiger partial charge in [0.05, 0.1) is 0 Å². The summed E-state index contributed by atoms with van der Waals surface area (Å²) in [5.74, 6) is 1.18. The largest absolute Gasteiger partial charge is 0.750 e. The van der Waals surface area contributed by atoms with Crippen molar-refractivity contribution in [2.24, 2.45) is 5.92 Å². The van der Waals surface area contributed by atoms with E-state index in [0.717, 1.165) is 0 Å². The standard InChI is InChI=1S/C11H14O3P/c12-15(13-9-10-5-4-6-10)14-11-7-2-1-3-8-11/h1-3,7-8,10H,4-6,9H2/q+1. The number of benzene rings is 1. The average molecular weight is 225 g/mol. The van der Waals surface area contributed by atoms with E-state index < -0.39 is 8.25 Å². The third-order valence-electron chi connectivity index (χ3n) is 2.56. The van der Waals surface area contributed by atoms with Crippen LogP contribution >= 0.6 is 8.25 Å². The van der Waals surface area contributed by atoms with E-state index in [0.29, 0.717) is 18.3 Å². The molecule has 15 heavy (non-hydrogen) atoms. The fourth-order valence-corrected chi connectivity index (χ4v) is 2.10. The summed E-state index contributed by atoms with van der Waals surface area (Å²) in [4.78, 5) is 0. The predicted molar refractivity (Wildman–Crippen MR) is 58.0 cm³/mol. The van der Waals surface area contributed by atoms with Crippen LogP contribution < -0.4 is 4.52 Å². The zero-order valence-electron chi connectivity index (χ0n) is 8.46. The molecule has 80 valence electrons. The molecule has 0 aromatic heterocycles. The van der Waals surface area contributed by atoms with Crippen molar-refractivity contribution in [1.29, 1.82) is 0 Å². The highest BCUT2D eigenvalue weighted by Gasteiger charge is 2.27. The van der Waals surface area contributed by atoms with Gasteiger partial charge in [0, 0.05) is 4.57 Å². The summed E-state index contributed by atoms with van der Waals surface area (Å²) in [6.07, 6.45) is 3.65. The predicted octanol–water partition coefficient (Wildman–Crippen LogP) is 3.54. The van der Waals surface area contributed by atoms with Crippen LogP contribution in [0.15, 0.2) is 30.3 Å². The summed E-state index contributed by atoms with van der Waals surface area (Å²) in [6, 6.07) is 9.09. The summed E-state index contributed by atoms with van der Waals surface area (Å²) < 4.78 is 21.6. The molecule has 0 saturated heterocycles. The lowest BCUT2D eigenvalue weighted by Crippen LogP contribution is -2.15. The van der Waals surface area contributed by atoms with Crippen LogP contribution in [0, 0.1) is 5.92 Å². The van der Waals surface area contributed by atoms with Gasteiger partial charge in [0.15, 0.2) is 5.75 Å². The number of hydrogen-bond donors (Lipinski definition) is 0. The summed E-state index contributed by atoms with van der Waals surface area (Å²) in [5.41, 5.74) is 0. The minimum absolute atomic E-state index is 0.558. The SMILES string of the molecule is O=[P+](OCC1CCC1)Oc1ccccc1. The molecule has 1 unspecified atom stereocenters. The molecule has 1 fully saturated rings. The first kappa shape index (κ1) is 10.6. The minimum atomic E-state index is -2.01. The highest BCUT2D eigenvalue weighted by molar-refractivity contribution is 7.33. The van der Waals surface area contributed by atoms with Crippen LogP contribution in [0.3, 0.4) is 0 Å². The Labute approximate surface area is 90.4 Å². The van der Waals surface area contributed by atoms with E-state index in [1.54, 1.807) is 12.1 Å². The second kappa shape index (κ2) is 5.24. The van der Waals surface area contributed by atoms with Crippen LogP contribution in [0.2, 0.25) is 0 Å². The summed E-state index contributed by atoms with van der Waals surface area (Å²) in [6.45, 7) is 0.558. The van der Waals surface area contributed by atoms with E-state index in [1.807, 2.05) is 18.2 Å². The van der Waals surface area contributed by atoms with Crippen molar-refractivity contribution in [3.05, 3.63) is 30.3 Å². The molecular formula is C11H14O3P+. The molecule has 0 N–H and O–H groups in total. The van der Waals surface area contributed by atoms with Crippen molar-refractivity contribution >= 4 is 8.25 Å². The Hall–Kier alpha value is -0.920. The molecule has 0 amide bonds. The normalized spacial score (nSPS) is 16.9. The zero-order valence-corrected chi connectivity index (χ0v) is 9.36. The third-order valence-corrected chi connectivity index (χ3v) is 3.28. The van der Waals surface area contributed by atoms with Gasteiger partial charge in [-0.2, -0.15) is 0 Å². The van der Waals surface area contributed by atoms with Gasteiger partial charge in [-0.1, -0.05) is 24.6 Å². The van der Waals surface area contributed by atoms with Crippen molar-refractivity contribution in [1.82, 2.24) is 0 Å². The molecule has 0 bridgehead atoms. The van der Waals surface area contributed by atoms with E-state index in [-0.39, 0.29) is 0 Å². The van der Waals surface area contributed by atoms with E-state index >= 15 is 0 Å². The molecule has 1 aromatic rings. The molecule has 4 heteroatoms. The van der Waals surface area contributed by atoms with E-state index in [2.05, 4.69) is 0 Å². The Morgan fingerprint density at radius 2 is 2.00 bits per heavy atom. The van der Waals surface area contributed by atoms with Crippen LogP contribution in [0.4, 0.5) is 0 Å². The lowest BCUT2D eigenvalue weighted by atomic mass is 9.86. The Bertz CT molecular complexity index is 322. The second-order valence-electron chi connectivity index (χ2n) is 3.72. The van der Waals surface area contributed by atoms with Crippen LogP contribution in [0.1, 0.15) is 19.3 Å². The number of para-hydroxylation sites is 1. The molecule has 3 nitrogen and oxygen atoms in total. The monoisotopic (exact) mass is 225 g/mol. The van der Waals surface area contributed by atoms with Gasteiger partial charge in [-0.25, -0.2) is 4.52 Å². The molecule has 1 aromatic carbocycles. The van der Waals surface area contributed by atoms with Gasteiger partial charge in [-0.3, -0.25) is 0 Å². The summed E-state index contributed by atoms with van der Waals surface area (Å²) >= 11 is 0. The first-order valence-electron chi connectivity index (χ1n) is 5.18. The Morgan fingerprint density at radius 3 is 2.60 bits per heavy atom. The Morgan fingerprint density at radius 1 is 1.27 bits per heavy atom. The summed E-state index contributed by atoms with van der Waals surface area (Å²) in [7, 11) is -2.01. The lowest BCUT2D eigenvalue weighted by molar-refractivity contribution is 0.175. The molecule has 0 radical (unpaired) electrons. The van der Waals surface area contributed by atoms with Crippen molar-refractivity contribution in [3.8, 4) is 5.75 Å². The van der Waals surface area contributed by atoms with Crippen LogP contribution in [0.25, 0.3) is 0 Å². The maximum Gasteiger partial charge on any atom is 0.750 e. The maximum absolute atomic E-state index is 11.4. The number of rotatable bonds is 5. The van der Waals surface area contributed by atoms with Crippen molar-refractivity contribution in [2.75, 3.05) is 6.61 Å². The Kier molecular flexibility index (Phi) is 3.70. The zero-order chi connectivity index (χ0) is 10.5. The molecule has 0 heterocycles. The summed E-state index contributed by atoms with van der Waals surface area (Å²) in [5, 5.41) is 0. The average Bonchev–Trinajstić information content (AvgIpc) is 2.17. The lowest BCUT2D eigenvalue weighted by Gasteiger charge is -2.21. The van der Waals surface area contributed by atoms with Gasteiger partial charge < -0.3 is 0 Å². The highest BCUT2D eigenvalue weighted by Crippen LogP contribution is 2.32. The molecule has 0 spiro atoms. The third kappa shape index (κ3) is 3.29. The fourth-order valence-electron chi connectivity index (χ4n) is 1.42. The van der Waals surface area contributed by atoms with Crippen LogP contribution in [-0.2, 0) is 9.09 Å². The molecule has 1 saturated carbocycles. The van der Waals surface area contributed by atoms with Crippen molar-refractivity contribution in [3.63, 3.8) is 0 Å². The van der Waals surface area contributed by atoms with Gasteiger partial charge in [0.25, 0.3) is 0 Å². The van der Waals surface area contributed by atoms with Gasteiger partial charge in [0.2, 0.25) is 0 Å². The second-order valence-corrected chi connectivity index (χ2v) is 4.61. The molecule has 1 atom stereocenters. The first-order chi connectivity index (χ1) is 7.34. The quantitative estimate of drug-likeness (QED) is 0.719. The topological polar surface area (TPSA) is 35.5 Å². The molecule has 1 aliphatic carbocycles.